The molecule has 0 saturated carbocycles. The fraction of sp³-hybridized carbons (Fsp3) is 0.375. The SMILES string of the molecule is CC(c1cnn(-c2ccccc2)c1)N1CCCC1C(=O)O. The van der Waals surface area contributed by atoms with E-state index in [1.54, 1.807) is 0 Å². The smallest absolute Gasteiger partial charge is 0.320 e. The molecule has 2 aromatic rings. The van der Waals surface area contributed by atoms with Crippen molar-refractivity contribution in [3.05, 3.63) is 48.3 Å². The van der Waals surface area contributed by atoms with Crippen LogP contribution in [0.3, 0.4) is 0 Å². The molecule has 2 heterocycles. The van der Waals surface area contributed by atoms with E-state index in [0.29, 0.717) is 0 Å². The Morgan fingerprint density at radius 3 is 2.86 bits per heavy atom. The van der Waals surface area contributed by atoms with Crippen LogP contribution in [0, 0.1) is 0 Å². The Labute approximate surface area is 123 Å². The number of benzene rings is 1. The first kappa shape index (κ1) is 13.8. The van der Waals surface area contributed by atoms with E-state index in [9.17, 15) is 9.90 Å². The van der Waals surface area contributed by atoms with E-state index in [2.05, 4.69) is 10.00 Å². The molecule has 0 aliphatic carbocycles. The van der Waals surface area contributed by atoms with Crippen LogP contribution < -0.4 is 0 Å². The number of carboxylic acid groups (broad SMARTS) is 1. The maximum atomic E-state index is 11.3. The lowest BCUT2D eigenvalue weighted by atomic mass is 10.1. The summed E-state index contributed by atoms with van der Waals surface area (Å²) in [5.41, 5.74) is 2.05. The van der Waals surface area contributed by atoms with Gasteiger partial charge in [0.2, 0.25) is 0 Å². The van der Waals surface area contributed by atoms with Crippen molar-refractivity contribution in [1.82, 2.24) is 14.7 Å². The summed E-state index contributed by atoms with van der Waals surface area (Å²) >= 11 is 0. The second kappa shape index (κ2) is 5.69. The average Bonchev–Trinajstić information content (AvgIpc) is 3.17. The van der Waals surface area contributed by atoms with E-state index in [0.717, 1.165) is 30.6 Å². The van der Waals surface area contributed by atoms with Gasteiger partial charge in [0.05, 0.1) is 11.9 Å². The summed E-state index contributed by atoms with van der Waals surface area (Å²) in [5.74, 6) is -0.727. The number of carboxylic acids is 1. The second-order valence-electron chi connectivity index (χ2n) is 5.46. The topological polar surface area (TPSA) is 58.4 Å². The molecule has 1 fully saturated rings. The maximum absolute atomic E-state index is 11.3. The molecule has 5 nitrogen and oxygen atoms in total. The van der Waals surface area contributed by atoms with Crippen molar-refractivity contribution in [2.45, 2.75) is 31.8 Å². The lowest BCUT2D eigenvalue weighted by Gasteiger charge is -2.27. The predicted molar refractivity (Wildman–Crippen MR) is 79.3 cm³/mol. The molecule has 0 radical (unpaired) electrons. The molecule has 110 valence electrons. The third-order valence-electron chi connectivity index (χ3n) is 4.18. The number of likely N-dealkylation sites (tertiary alicyclic amines) is 1. The van der Waals surface area contributed by atoms with Crippen LogP contribution in [0.1, 0.15) is 31.4 Å². The molecule has 2 atom stereocenters. The van der Waals surface area contributed by atoms with Gasteiger partial charge < -0.3 is 5.11 Å². The summed E-state index contributed by atoms with van der Waals surface area (Å²) in [6.07, 6.45) is 5.48. The van der Waals surface area contributed by atoms with Gasteiger partial charge in [-0.05, 0) is 38.4 Å². The van der Waals surface area contributed by atoms with Gasteiger partial charge in [-0.25, -0.2) is 4.68 Å². The van der Waals surface area contributed by atoms with Crippen LogP contribution in [-0.2, 0) is 4.79 Å². The number of aliphatic carboxylic acids is 1. The van der Waals surface area contributed by atoms with Crippen molar-refractivity contribution in [1.29, 1.82) is 0 Å². The molecule has 0 bridgehead atoms. The van der Waals surface area contributed by atoms with Crippen molar-refractivity contribution in [3.8, 4) is 5.69 Å². The summed E-state index contributed by atoms with van der Waals surface area (Å²) in [7, 11) is 0. The fourth-order valence-corrected chi connectivity index (χ4v) is 2.98. The molecule has 1 aromatic heterocycles. The van der Waals surface area contributed by atoms with Crippen LogP contribution in [-0.4, -0.2) is 38.3 Å². The third-order valence-corrected chi connectivity index (χ3v) is 4.18. The van der Waals surface area contributed by atoms with Crippen molar-refractivity contribution in [3.63, 3.8) is 0 Å². The van der Waals surface area contributed by atoms with E-state index in [1.165, 1.54) is 0 Å². The third kappa shape index (κ3) is 2.69. The zero-order valence-corrected chi connectivity index (χ0v) is 12.0. The van der Waals surface area contributed by atoms with Crippen molar-refractivity contribution >= 4 is 5.97 Å². The first-order valence-electron chi connectivity index (χ1n) is 7.25. The summed E-state index contributed by atoms with van der Waals surface area (Å²) in [5, 5.41) is 13.7. The molecular formula is C16H19N3O2. The predicted octanol–water partition coefficient (Wildman–Crippen LogP) is 2.48. The highest BCUT2D eigenvalue weighted by atomic mass is 16.4. The molecular weight excluding hydrogens is 266 g/mol. The minimum Gasteiger partial charge on any atom is -0.480 e. The average molecular weight is 285 g/mol. The van der Waals surface area contributed by atoms with Crippen molar-refractivity contribution in [2.24, 2.45) is 0 Å². The minimum atomic E-state index is -0.727. The zero-order chi connectivity index (χ0) is 14.8. The lowest BCUT2D eigenvalue weighted by Crippen LogP contribution is -2.37. The van der Waals surface area contributed by atoms with Gasteiger partial charge >= 0.3 is 5.97 Å². The molecule has 5 heteroatoms. The van der Waals surface area contributed by atoms with Gasteiger partial charge in [-0.15, -0.1) is 0 Å². The minimum absolute atomic E-state index is 0.0612. The standard InChI is InChI=1S/C16H19N3O2/c1-12(18-9-5-8-15(18)16(20)21)13-10-17-19(11-13)14-6-3-2-4-7-14/h2-4,6-7,10-12,15H,5,8-9H2,1H3,(H,20,21). The summed E-state index contributed by atoms with van der Waals surface area (Å²) in [6.45, 7) is 2.88. The molecule has 1 saturated heterocycles. The zero-order valence-electron chi connectivity index (χ0n) is 12.0. The van der Waals surface area contributed by atoms with Gasteiger partial charge in [0.25, 0.3) is 0 Å². The Kier molecular flexibility index (Phi) is 3.75. The van der Waals surface area contributed by atoms with E-state index in [-0.39, 0.29) is 12.1 Å². The molecule has 1 aromatic carbocycles. The largest absolute Gasteiger partial charge is 0.480 e. The normalized spacial score (nSPS) is 20.5. The van der Waals surface area contributed by atoms with Crippen LogP contribution in [0.4, 0.5) is 0 Å². The molecule has 3 rings (SSSR count). The van der Waals surface area contributed by atoms with E-state index < -0.39 is 5.97 Å². The Bertz CT molecular complexity index is 623. The van der Waals surface area contributed by atoms with Crippen LogP contribution >= 0.6 is 0 Å². The lowest BCUT2D eigenvalue weighted by molar-refractivity contribution is -0.142. The Hall–Kier alpha value is -2.14. The number of nitrogens with zero attached hydrogens (tertiary/aromatic N) is 3. The summed E-state index contributed by atoms with van der Waals surface area (Å²) in [6, 6.07) is 9.60. The molecule has 1 N–H and O–H groups in total. The highest BCUT2D eigenvalue weighted by molar-refractivity contribution is 5.73. The van der Waals surface area contributed by atoms with E-state index in [1.807, 2.05) is 54.3 Å². The van der Waals surface area contributed by atoms with Gasteiger partial charge in [0, 0.05) is 17.8 Å². The molecule has 0 spiro atoms. The molecule has 2 unspecified atom stereocenters. The van der Waals surface area contributed by atoms with Gasteiger partial charge in [-0.1, -0.05) is 18.2 Å². The number of para-hydroxylation sites is 1. The van der Waals surface area contributed by atoms with Crippen molar-refractivity contribution < 1.29 is 9.90 Å². The van der Waals surface area contributed by atoms with Gasteiger partial charge in [0.15, 0.2) is 0 Å². The van der Waals surface area contributed by atoms with Gasteiger partial charge in [-0.3, -0.25) is 9.69 Å². The highest BCUT2D eigenvalue weighted by Gasteiger charge is 2.34. The molecule has 0 amide bonds. The van der Waals surface area contributed by atoms with E-state index in [4.69, 9.17) is 0 Å². The summed E-state index contributed by atoms with van der Waals surface area (Å²) < 4.78 is 1.83. The fourth-order valence-electron chi connectivity index (χ4n) is 2.98. The van der Waals surface area contributed by atoms with Crippen LogP contribution in [0.15, 0.2) is 42.7 Å². The number of carbonyl (C=O) groups is 1. The van der Waals surface area contributed by atoms with E-state index >= 15 is 0 Å². The first-order valence-corrected chi connectivity index (χ1v) is 7.25. The van der Waals surface area contributed by atoms with Crippen LogP contribution in [0.5, 0.6) is 0 Å². The number of aromatic nitrogens is 2. The number of rotatable bonds is 4. The molecule has 21 heavy (non-hydrogen) atoms. The Morgan fingerprint density at radius 1 is 1.38 bits per heavy atom. The molecule has 1 aliphatic rings. The second-order valence-corrected chi connectivity index (χ2v) is 5.46. The Morgan fingerprint density at radius 2 is 2.14 bits per heavy atom. The first-order chi connectivity index (χ1) is 10.2. The van der Waals surface area contributed by atoms with Gasteiger partial charge in [-0.2, -0.15) is 5.10 Å². The Balaban J connectivity index is 1.81. The van der Waals surface area contributed by atoms with Crippen LogP contribution in [0.2, 0.25) is 0 Å². The monoisotopic (exact) mass is 285 g/mol. The van der Waals surface area contributed by atoms with Gasteiger partial charge in [0.1, 0.15) is 6.04 Å². The van der Waals surface area contributed by atoms with Crippen LogP contribution in [0.25, 0.3) is 5.69 Å². The quantitative estimate of drug-likeness (QED) is 0.937. The number of hydrogen-bond donors (Lipinski definition) is 1. The molecule has 1 aliphatic heterocycles. The highest BCUT2D eigenvalue weighted by Crippen LogP contribution is 2.29. The maximum Gasteiger partial charge on any atom is 0.320 e. The summed E-state index contributed by atoms with van der Waals surface area (Å²) in [4.78, 5) is 13.4. The number of hydrogen-bond acceptors (Lipinski definition) is 3. The van der Waals surface area contributed by atoms with Crippen molar-refractivity contribution in [2.75, 3.05) is 6.54 Å².